The van der Waals surface area contributed by atoms with Gasteiger partial charge < -0.3 is 15.7 Å². The van der Waals surface area contributed by atoms with Gasteiger partial charge in [0.05, 0.1) is 11.9 Å². The molecule has 2 aliphatic rings. The zero-order chi connectivity index (χ0) is 20.4. The van der Waals surface area contributed by atoms with Crippen molar-refractivity contribution in [3.05, 3.63) is 70.8 Å². The Morgan fingerprint density at radius 1 is 1.17 bits per heavy atom. The summed E-state index contributed by atoms with van der Waals surface area (Å²) in [5.41, 5.74) is 4.04. The number of amides is 2. The van der Waals surface area contributed by atoms with Crippen molar-refractivity contribution in [1.82, 2.24) is 5.32 Å². The van der Waals surface area contributed by atoms with Crippen LogP contribution in [0.2, 0.25) is 0 Å². The van der Waals surface area contributed by atoms with Gasteiger partial charge in [-0.1, -0.05) is 30.3 Å². The van der Waals surface area contributed by atoms with Gasteiger partial charge >= 0.3 is 0 Å². The Hall–Kier alpha value is -2.57. The van der Waals surface area contributed by atoms with E-state index >= 15 is 0 Å². The van der Waals surface area contributed by atoms with E-state index in [1.165, 1.54) is 11.8 Å². The number of aryl methyl sites for hydroxylation is 1. The summed E-state index contributed by atoms with van der Waals surface area (Å²) in [6.45, 7) is 1.92. The lowest BCUT2D eigenvalue weighted by Gasteiger charge is -2.14. The van der Waals surface area contributed by atoms with Crippen molar-refractivity contribution in [2.75, 3.05) is 5.32 Å². The van der Waals surface area contributed by atoms with Gasteiger partial charge in [0.15, 0.2) is 0 Å². The van der Waals surface area contributed by atoms with E-state index in [2.05, 4.69) is 16.7 Å². The molecule has 0 spiro atoms. The number of allylic oxidation sites excluding steroid dienone is 1. The second-order valence-electron chi connectivity index (χ2n) is 7.54. The molecule has 1 unspecified atom stereocenters. The van der Waals surface area contributed by atoms with Crippen LogP contribution in [0.1, 0.15) is 46.3 Å². The molecule has 1 fully saturated rings. The van der Waals surface area contributed by atoms with E-state index in [-0.39, 0.29) is 23.7 Å². The Bertz CT molecular complexity index is 982. The summed E-state index contributed by atoms with van der Waals surface area (Å²) >= 11 is 1.53. The molecule has 0 radical (unpaired) electrons. The first-order chi connectivity index (χ1) is 14.0. The van der Waals surface area contributed by atoms with E-state index < -0.39 is 0 Å². The van der Waals surface area contributed by atoms with E-state index in [9.17, 15) is 14.7 Å². The second kappa shape index (κ2) is 8.43. The van der Waals surface area contributed by atoms with Crippen molar-refractivity contribution < 1.29 is 14.7 Å². The van der Waals surface area contributed by atoms with Crippen molar-refractivity contribution in [1.29, 1.82) is 0 Å². The number of benzene rings is 2. The van der Waals surface area contributed by atoms with Gasteiger partial charge in [0.2, 0.25) is 5.91 Å². The number of hydrogen-bond donors (Lipinski definition) is 3. The van der Waals surface area contributed by atoms with Gasteiger partial charge in [-0.2, -0.15) is 0 Å². The molecule has 5 nitrogen and oxygen atoms in total. The third-order valence-electron chi connectivity index (χ3n) is 5.14. The molecule has 2 aromatic rings. The lowest BCUT2D eigenvalue weighted by molar-refractivity contribution is -0.115. The molecular formula is C23H24N2O3S. The molecule has 0 bridgehead atoms. The molecule has 1 aliphatic carbocycles. The summed E-state index contributed by atoms with van der Waals surface area (Å²) in [6, 6.07) is 13.4. The van der Waals surface area contributed by atoms with Crippen molar-refractivity contribution in [2.45, 2.75) is 44.1 Å². The van der Waals surface area contributed by atoms with Crippen LogP contribution in [0.5, 0.6) is 0 Å². The number of carbonyl (C=O) groups is 2. The first-order valence-corrected chi connectivity index (χ1v) is 10.7. The summed E-state index contributed by atoms with van der Waals surface area (Å²) in [5, 5.41) is 15.1. The predicted molar refractivity (Wildman–Crippen MR) is 117 cm³/mol. The van der Waals surface area contributed by atoms with Crippen molar-refractivity contribution in [2.24, 2.45) is 0 Å². The number of rotatable bonds is 6. The van der Waals surface area contributed by atoms with Crippen molar-refractivity contribution in [3.8, 4) is 0 Å². The maximum Gasteiger partial charge on any atom is 0.251 e. The van der Waals surface area contributed by atoms with Crippen LogP contribution in [0.15, 0.2) is 48.5 Å². The minimum Gasteiger partial charge on any atom is -0.392 e. The van der Waals surface area contributed by atoms with Gasteiger partial charge in [-0.05, 0) is 61.1 Å². The minimum absolute atomic E-state index is 0.000354. The maximum absolute atomic E-state index is 12.8. The second-order valence-corrected chi connectivity index (χ2v) is 8.78. The van der Waals surface area contributed by atoms with Crippen LogP contribution in [-0.4, -0.2) is 28.2 Å². The molecule has 0 saturated heterocycles. The van der Waals surface area contributed by atoms with E-state index in [1.54, 1.807) is 12.1 Å². The minimum atomic E-state index is -0.217. The molecule has 6 heteroatoms. The van der Waals surface area contributed by atoms with Crippen molar-refractivity contribution in [3.63, 3.8) is 0 Å². The van der Waals surface area contributed by atoms with Gasteiger partial charge in [0, 0.05) is 22.2 Å². The summed E-state index contributed by atoms with van der Waals surface area (Å²) in [6.07, 6.45) is 4.79. The average Bonchev–Trinajstić information content (AvgIpc) is 3.40. The molecule has 1 atom stereocenters. The fourth-order valence-corrected chi connectivity index (χ4v) is 4.36. The Balaban J connectivity index is 1.41. The number of aliphatic hydroxyl groups excluding tert-OH is 1. The van der Waals surface area contributed by atoms with Crippen LogP contribution < -0.4 is 10.6 Å². The number of thioether (sulfide) groups is 1. The average molecular weight is 409 g/mol. The maximum atomic E-state index is 12.8. The van der Waals surface area contributed by atoms with E-state index in [0.717, 1.165) is 34.4 Å². The van der Waals surface area contributed by atoms with Crippen LogP contribution in [0, 0.1) is 6.92 Å². The number of nitrogens with one attached hydrogen (secondary N) is 2. The van der Waals surface area contributed by atoms with E-state index in [0.29, 0.717) is 23.7 Å². The summed E-state index contributed by atoms with van der Waals surface area (Å²) in [4.78, 5) is 26.2. The zero-order valence-electron chi connectivity index (χ0n) is 16.3. The molecule has 1 aliphatic heterocycles. The normalized spacial score (nSPS) is 18.3. The molecule has 29 heavy (non-hydrogen) atoms. The zero-order valence-corrected chi connectivity index (χ0v) is 17.1. The lowest BCUT2D eigenvalue weighted by atomic mass is 10.1. The number of aliphatic hydroxyl groups is 1. The SMILES string of the molecule is Cc1ccc(C(=O)NC2CC2)cc1NC(=O)C1CC=C(c2cccc(CO)c2)S1. The van der Waals surface area contributed by atoms with Crippen LogP contribution in [0.4, 0.5) is 5.69 Å². The first-order valence-electron chi connectivity index (χ1n) is 9.83. The molecule has 0 aromatic heterocycles. The largest absolute Gasteiger partial charge is 0.392 e. The molecule has 150 valence electrons. The highest BCUT2D eigenvalue weighted by Gasteiger charge is 2.27. The van der Waals surface area contributed by atoms with Gasteiger partial charge in [0.25, 0.3) is 5.91 Å². The standard InChI is InChI=1S/C23H24N2O3S/c1-14-5-6-17(22(27)24-18-7-8-18)12-19(14)25-23(28)21-10-9-20(29-21)16-4-2-3-15(11-16)13-26/h2-6,9,11-12,18,21,26H,7-8,10,13H2,1H3,(H,24,27)(H,25,28). The number of carbonyl (C=O) groups excluding carboxylic acids is 2. The highest BCUT2D eigenvalue weighted by Crippen LogP contribution is 2.40. The molecule has 3 N–H and O–H groups in total. The van der Waals surface area contributed by atoms with Gasteiger partial charge in [-0.15, -0.1) is 11.8 Å². The molecule has 1 heterocycles. The Kier molecular flexibility index (Phi) is 5.74. The summed E-state index contributed by atoms with van der Waals surface area (Å²) in [5.74, 6) is -0.159. The van der Waals surface area contributed by atoms with E-state index in [4.69, 9.17) is 0 Å². The lowest BCUT2D eigenvalue weighted by Crippen LogP contribution is -2.26. The Morgan fingerprint density at radius 2 is 2.00 bits per heavy atom. The topological polar surface area (TPSA) is 78.4 Å². The highest BCUT2D eigenvalue weighted by molar-refractivity contribution is 8.09. The van der Waals surface area contributed by atoms with Gasteiger partial charge in [-0.25, -0.2) is 0 Å². The predicted octanol–water partition coefficient (Wildman–Crippen LogP) is 3.86. The molecule has 2 amide bonds. The highest BCUT2D eigenvalue weighted by atomic mass is 32.2. The van der Waals surface area contributed by atoms with E-state index in [1.807, 2.05) is 37.3 Å². The smallest absolute Gasteiger partial charge is 0.251 e. The Labute approximate surface area is 174 Å². The molecule has 2 aromatic carbocycles. The van der Waals surface area contributed by atoms with Crippen LogP contribution in [0.25, 0.3) is 4.91 Å². The molecule has 1 saturated carbocycles. The first kappa shape index (κ1) is 19.7. The fraction of sp³-hybridized carbons (Fsp3) is 0.304. The summed E-state index contributed by atoms with van der Waals surface area (Å²) < 4.78 is 0. The van der Waals surface area contributed by atoms with Crippen LogP contribution in [0.3, 0.4) is 0 Å². The van der Waals surface area contributed by atoms with Crippen LogP contribution in [-0.2, 0) is 11.4 Å². The van der Waals surface area contributed by atoms with Crippen molar-refractivity contribution >= 4 is 34.2 Å². The monoisotopic (exact) mass is 408 g/mol. The number of anilines is 1. The van der Waals surface area contributed by atoms with Gasteiger partial charge in [0.1, 0.15) is 0 Å². The van der Waals surface area contributed by atoms with Gasteiger partial charge in [-0.3, -0.25) is 9.59 Å². The quantitative estimate of drug-likeness (QED) is 0.678. The Morgan fingerprint density at radius 3 is 2.76 bits per heavy atom. The molecule has 4 rings (SSSR count). The summed E-state index contributed by atoms with van der Waals surface area (Å²) in [7, 11) is 0. The molecular weight excluding hydrogens is 384 g/mol. The third-order valence-corrected chi connectivity index (χ3v) is 6.49. The number of hydrogen-bond acceptors (Lipinski definition) is 4. The fourth-order valence-electron chi connectivity index (χ4n) is 3.24. The van der Waals surface area contributed by atoms with Crippen LogP contribution >= 0.6 is 11.8 Å². The third kappa shape index (κ3) is 4.71.